The largest absolute Gasteiger partial charge is 0.366 e. The van der Waals surface area contributed by atoms with E-state index in [-0.39, 0.29) is 12.4 Å². The molecule has 6 heteroatoms. The number of hydrogen-bond acceptors (Lipinski definition) is 3. The van der Waals surface area contributed by atoms with Crippen LogP contribution in [0, 0.1) is 13.8 Å². The van der Waals surface area contributed by atoms with Gasteiger partial charge in [0.1, 0.15) is 5.82 Å². The van der Waals surface area contributed by atoms with Crippen molar-refractivity contribution in [2.45, 2.75) is 52.1 Å². The predicted octanol–water partition coefficient (Wildman–Crippen LogP) is 3.38. The molecule has 0 radical (unpaired) electrons. The second-order valence-corrected chi connectivity index (χ2v) is 5.81. The minimum Gasteiger partial charge on any atom is -0.366 e. The van der Waals surface area contributed by atoms with Crippen LogP contribution in [0.25, 0.3) is 0 Å². The Morgan fingerprint density at radius 1 is 1.29 bits per heavy atom. The zero-order valence-electron chi connectivity index (χ0n) is 13.0. The minimum absolute atomic E-state index is 0. The maximum Gasteiger partial charge on any atom is 0.127 e. The number of rotatable bonds is 4. The van der Waals surface area contributed by atoms with Crippen molar-refractivity contribution in [2.75, 3.05) is 5.32 Å². The zero-order chi connectivity index (χ0) is 14.1. The topological polar surface area (TPSA) is 47.7 Å². The van der Waals surface area contributed by atoms with Gasteiger partial charge in [-0.15, -0.1) is 12.4 Å². The number of aryl methyl sites for hydroxylation is 3. The molecule has 2 heterocycles. The molecule has 0 aliphatic heterocycles. The van der Waals surface area contributed by atoms with Crippen LogP contribution in [0.1, 0.15) is 48.5 Å². The Morgan fingerprint density at radius 3 is 2.62 bits per heavy atom. The highest BCUT2D eigenvalue weighted by molar-refractivity contribution is 5.85. The number of nitrogens with zero attached hydrogens (tertiary/aromatic N) is 4. The third-order valence-corrected chi connectivity index (χ3v) is 4.29. The van der Waals surface area contributed by atoms with Crippen LogP contribution < -0.4 is 5.32 Å². The van der Waals surface area contributed by atoms with E-state index in [1.807, 2.05) is 17.9 Å². The first kappa shape index (κ1) is 15.9. The van der Waals surface area contributed by atoms with Crippen LogP contribution in [0.5, 0.6) is 0 Å². The molecule has 1 N–H and O–H groups in total. The molecule has 1 saturated carbocycles. The predicted molar refractivity (Wildman–Crippen MR) is 87.0 cm³/mol. The van der Waals surface area contributed by atoms with Gasteiger partial charge in [-0.2, -0.15) is 10.2 Å². The molecular weight excluding hydrogens is 286 g/mol. The van der Waals surface area contributed by atoms with Gasteiger partial charge in [-0.05, 0) is 26.7 Å². The van der Waals surface area contributed by atoms with E-state index in [1.54, 1.807) is 0 Å². The van der Waals surface area contributed by atoms with E-state index in [4.69, 9.17) is 5.10 Å². The van der Waals surface area contributed by atoms with Crippen LogP contribution in [0.3, 0.4) is 0 Å². The Morgan fingerprint density at radius 2 is 2.00 bits per heavy atom. The van der Waals surface area contributed by atoms with Crippen molar-refractivity contribution in [3.8, 4) is 0 Å². The summed E-state index contributed by atoms with van der Waals surface area (Å²) in [5, 5.41) is 12.4. The lowest BCUT2D eigenvalue weighted by atomic mass is 10.2. The fraction of sp³-hybridized carbons (Fsp3) is 0.600. The van der Waals surface area contributed by atoms with Gasteiger partial charge in [-0.1, -0.05) is 12.8 Å². The minimum atomic E-state index is 0. The third-order valence-electron chi connectivity index (χ3n) is 4.29. The molecule has 1 aliphatic carbocycles. The highest BCUT2D eigenvalue weighted by Crippen LogP contribution is 2.29. The van der Waals surface area contributed by atoms with Gasteiger partial charge < -0.3 is 5.32 Å². The molecule has 21 heavy (non-hydrogen) atoms. The lowest BCUT2D eigenvalue weighted by molar-refractivity contribution is 0.464. The summed E-state index contributed by atoms with van der Waals surface area (Å²) < 4.78 is 4.06. The summed E-state index contributed by atoms with van der Waals surface area (Å²) in [6.45, 7) is 4.97. The Balaban J connectivity index is 0.00000161. The van der Waals surface area contributed by atoms with Crippen molar-refractivity contribution in [3.05, 3.63) is 29.2 Å². The number of aromatic nitrogens is 4. The Bertz CT molecular complexity index is 576. The van der Waals surface area contributed by atoms with Gasteiger partial charge in [-0.3, -0.25) is 9.36 Å². The maximum atomic E-state index is 4.69. The van der Waals surface area contributed by atoms with Crippen molar-refractivity contribution in [1.82, 2.24) is 19.6 Å². The molecule has 1 fully saturated rings. The SMILES string of the molecule is Cc1cnn(C)c1NCc1cn(C2CCCC2)nc1C.Cl. The molecule has 0 amide bonds. The van der Waals surface area contributed by atoms with Gasteiger partial charge in [0.25, 0.3) is 0 Å². The second kappa shape index (κ2) is 6.52. The lowest BCUT2D eigenvalue weighted by Gasteiger charge is -2.09. The van der Waals surface area contributed by atoms with Crippen LogP contribution in [0.15, 0.2) is 12.4 Å². The Hall–Kier alpha value is -1.49. The molecule has 116 valence electrons. The average molecular weight is 310 g/mol. The maximum absolute atomic E-state index is 4.69. The first-order valence-electron chi connectivity index (χ1n) is 7.42. The lowest BCUT2D eigenvalue weighted by Crippen LogP contribution is -2.06. The fourth-order valence-corrected chi connectivity index (χ4v) is 3.03. The van der Waals surface area contributed by atoms with Crippen LogP contribution in [0.2, 0.25) is 0 Å². The molecule has 1 aliphatic rings. The summed E-state index contributed by atoms with van der Waals surface area (Å²) in [5.41, 5.74) is 3.58. The summed E-state index contributed by atoms with van der Waals surface area (Å²) in [6, 6.07) is 0.612. The van der Waals surface area contributed by atoms with Gasteiger partial charge >= 0.3 is 0 Å². The quantitative estimate of drug-likeness (QED) is 0.942. The smallest absolute Gasteiger partial charge is 0.127 e. The summed E-state index contributed by atoms with van der Waals surface area (Å²) in [4.78, 5) is 0. The monoisotopic (exact) mass is 309 g/mol. The van der Waals surface area contributed by atoms with Crippen LogP contribution in [0.4, 0.5) is 5.82 Å². The van der Waals surface area contributed by atoms with E-state index in [0.717, 1.165) is 18.1 Å². The molecule has 0 unspecified atom stereocenters. The molecular formula is C15H24ClN5. The standard InChI is InChI=1S/C15H23N5.ClH/c1-11-8-17-19(3)15(11)16-9-13-10-20(18-12(13)2)14-6-4-5-7-14;/h8,10,14,16H,4-7,9H2,1-3H3;1H. The zero-order valence-corrected chi connectivity index (χ0v) is 13.8. The summed E-state index contributed by atoms with van der Waals surface area (Å²) in [7, 11) is 1.96. The number of hydrogen-bond donors (Lipinski definition) is 1. The summed E-state index contributed by atoms with van der Waals surface area (Å²) >= 11 is 0. The highest BCUT2D eigenvalue weighted by atomic mass is 35.5. The third kappa shape index (κ3) is 3.23. The first-order valence-corrected chi connectivity index (χ1v) is 7.42. The van der Waals surface area contributed by atoms with Crippen LogP contribution >= 0.6 is 12.4 Å². The van der Waals surface area contributed by atoms with E-state index < -0.39 is 0 Å². The second-order valence-electron chi connectivity index (χ2n) is 5.81. The molecule has 0 spiro atoms. The van der Waals surface area contributed by atoms with E-state index in [0.29, 0.717) is 6.04 Å². The number of anilines is 1. The summed E-state index contributed by atoms with van der Waals surface area (Å²) in [5.74, 6) is 1.08. The van der Waals surface area contributed by atoms with E-state index in [1.165, 1.54) is 36.8 Å². The normalized spacial score (nSPS) is 15.2. The fourth-order valence-electron chi connectivity index (χ4n) is 3.03. The molecule has 0 bridgehead atoms. The molecule has 0 saturated heterocycles. The molecule has 0 aromatic carbocycles. The van der Waals surface area contributed by atoms with E-state index in [9.17, 15) is 0 Å². The van der Waals surface area contributed by atoms with Gasteiger partial charge in [0.2, 0.25) is 0 Å². The average Bonchev–Trinajstić information content (AvgIpc) is 3.11. The molecule has 3 rings (SSSR count). The van der Waals surface area contributed by atoms with Crippen molar-refractivity contribution in [1.29, 1.82) is 0 Å². The van der Waals surface area contributed by atoms with Crippen molar-refractivity contribution < 1.29 is 0 Å². The van der Waals surface area contributed by atoms with Gasteiger partial charge in [0, 0.05) is 30.9 Å². The molecule has 5 nitrogen and oxygen atoms in total. The van der Waals surface area contributed by atoms with Gasteiger partial charge in [0.05, 0.1) is 17.9 Å². The molecule has 0 atom stereocenters. The highest BCUT2D eigenvalue weighted by Gasteiger charge is 2.18. The van der Waals surface area contributed by atoms with Gasteiger partial charge in [0.15, 0.2) is 0 Å². The number of halogens is 1. The first-order chi connectivity index (χ1) is 9.65. The van der Waals surface area contributed by atoms with E-state index in [2.05, 4.69) is 35.1 Å². The van der Waals surface area contributed by atoms with E-state index >= 15 is 0 Å². The van der Waals surface area contributed by atoms with Crippen molar-refractivity contribution in [3.63, 3.8) is 0 Å². The van der Waals surface area contributed by atoms with Crippen molar-refractivity contribution >= 4 is 18.2 Å². The molecule has 2 aromatic heterocycles. The number of nitrogens with one attached hydrogen (secondary N) is 1. The summed E-state index contributed by atoms with van der Waals surface area (Å²) in [6.07, 6.45) is 9.32. The Labute approximate surface area is 132 Å². The van der Waals surface area contributed by atoms with Crippen LogP contribution in [-0.2, 0) is 13.6 Å². The molecule has 2 aromatic rings. The van der Waals surface area contributed by atoms with Crippen molar-refractivity contribution in [2.24, 2.45) is 7.05 Å². The Kier molecular flexibility index (Phi) is 4.93. The van der Waals surface area contributed by atoms with Crippen LogP contribution in [-0.4, -0.2) is 19.6 Å². The van der Waals surface area contributed by atoms with Gasteiger partial charge in [-0.25, -0.2) is 0 Å².